The van der Waals surface area contributed by atoms with Crippen molar-refractivity contribution in [1.29, 1.82) is 0 Å². The number of ether oxygens (including phenoxy) is 1. The fraction of sp³-hybridized carbons (Fsp3) is 0.167. The molecule has 1 heterocycles. The maximum Gasteiger partial charge on any atom is 0.387 e. The Morgan fingerprint density at radius 3 is 2.42 bits per heavy atom. The van der Waals surface area contributed by atoms with E-state index >= 15 is 0 Å². The van der Waals surface area contributed by atoms with Crippen LogP contribution < -0.4 is 10.1 Å². The molecule has 0 bridgehead atoms. The van der Waals surface area contributed by atoms with Gasteiger partial charge >= 0.3 is 6.61 Å². The lowest BCUT2D eigenvalue weighted by Crippen LogP contribution is -2.12. The molecule has 1 unspecified atom stereocenters. The topological polar surface area (TPSA) is 54.4 Å². The van der Waals surface area contributed by atoms with Crippen molar-refractivity contribution in [2.45, 2.75) is 12.7 Å². The number of rotatable bonds is 7. The molecule has 0 amide bonds. The molecule has 0 aliphatic rings. The number of anilines is 1. The number of halogens is 3. The third kappa shape index (κ3) is 4.74. The predicted octanol–water partition coefficient (Wildman–Crippen LogP) is 4.70. The summed E-state index contributed by atoms with van der Waals surface area (Å²) >= 11 is 1.36. The number of aliphatic hydroxyl groups excluding tert-OH is 1. The number of aliphatic hydroxyl groups is 1. The largest absolute Gasteiger partial charge is 0.435 e. The molecule has 0 saturated heterocycles. The monoisotopic (exact) mass is 380 g/mol. The van der Waals surface area contributed by atoms with Crippen LogP contribution in [-0.2, 0) is 0 Å². The normalized spacial score (nSPS) is 12.2. The number of nitrogens with one attached hydrogen (secondary N) is 1. The molecule has 3 aromatic rings. The molecule has 3 rings (SSSR count). The van der Waals surface area contributed by atoms with E-state index in [4.69, 9.17) is 0 Å². The molecule has 1 atom stereocenters. The predicted molar refractivity (Wildman–Crippen MR) is 94.0 cm³/mol. The molecular weight excluding hydrogens is 365 g/mol. The quantitative estimate of drug-likeness (QED) is 0.624. The summed E-state index contributed by atoms with van der Waals surface area (Å²) in [7, 11) is 0. The molecular formula is C18H15F3N2O2S. The zero-order valence-electron chi connectivity index (χ0n) is 13.4. The summed E-state index contributed by atoms with van der Waals surface area (Å²) in [4.78, 5) is 4.39. The first kappa shape index (κ1) is 18.2. The summed E-state index contributed by atoms with van der Waals surface area (Å²) in [5, 5.41) is 15.7. The van der Waals surface area contributed by atoms with E-state index in [9.17, 15) is 18.3 Å². The highest BCUT2D eigenvalue weighted by Gasteiger charge is 2.11. The molecule has 0 fully saturated rings. The van der Waals surface area contributed by atoms with Crippen molar-refractivity contribution < 1.29 is 23.0 Å². The van der Waals surface area contributed by atoms with Gasteiger partial charge in [-0.05, 0) is 42.0 Å². The summed E-state index contributed by atoms with van der Waals surface area (Å²) in [6.07, 6.45) is -0.839. The number of hydrogen-bond acceptors (Lipinski definition) is 5. The average Bonchev–Trinajstić information content (AvgIpc) is 3.09. The van der Waals surface area contributed by atoms with E-state index in [1.807, 2.05) is 5.38 Å². The van der Waals surface area contributed by atoms with Crippen LogP contribution in [0.4, 0.5) is 18.3 Å². The number of benzene rings is 2. The minimum absolute atomic E-state index is 0.0350. The van der Waals surface area contributed by atoms with Crippen molar-refractivity contribution in [3.8, 4) is 17.0 Å². The molecule has 0 spiro atoms. The Labute approximate surface area is 151 Å². The summed E-state index contributed by atoms with van der Waals surface area (Å²) in [5.41, 5.74) is 2.07. The number of alkyl halides is 2. The third-order valence-electron chi connectivity index (χ3n) is 3.58. The Morgan fingerprint density at radius 2 is 1.77 bits per heavy atom. The van der Waals surface area contributed by atoms with E-state index in [1.165, 1.54) is 47.7 Å². The first-order valence-electron chi connectivity index (χ1n) is 7.69. The van der Waals surface area contributed by atoms with Crippen molar-refractivity contribution >= 4 is 16.5 Å². The van der Waals surface area contributed by atoms with Crippen LogP contribution in [0.15, 0.2) is 53.9 Å². The van der Waals surface area contributed by atoms with Gasteiger partial charge < -0.3 is 15.2 Å². The van der Waals surface area contributed by atoms with Gasteiger partial charge in [0, 0.05) is 17.5 Å². The van der Waals surface area contributed by atoms with Crippen molar-refractivity contribution in [1.82, 2.24) is 4.98 Å². The maximum atomic E-state index is 13.0. The van der Waals surface area contributed by atoms with E-state index < -0.39 is 12.7 Å². The lowest BCUT2D eigenvalue weighted by Gasteiger charge is -2.12. The molecule has 0 saturated carbocycles. The van der Waals surface area contributed by atoms with Crippen LogP contribution in [0, 0.1) is 5.82 Å². The molecule has 1 aromatic heterocycles. The fourth-order valence-corrected chi connectivity index (χ4v) is 3.01. The zero-order valence-corrected chi connectivity index (χ0v) is 14.2. The second-order valence-electron chi connectivity index (χ2n) is 5.39. The van der Waals surface area contributed by atoms with Gasteiger partial charge in [0.15, 0.2) is 5.13 Å². The van der Waals surface area contributed by atoms with Crippen molar-refractivity contribution in [3.63, 3.8) is 0 Å². The molecule has 0 aliphatic carbocycles. The molecule has 8 heteroatoms. The maximum absolute atomic E-state index is 13.0. The van der Waals surface area contributed by atoms with Gasteiger partial charge in [0.2, 0.25) is 0 Å². The fourth-order valence-electron chi connectivity index (χ4n) is 2.28. The van der Waals surface area contributed by atoms with E-state index in [0.717, 1.165) is 5.56 Å². The van der Waals surface area contributed by atoms with Crippen LogP contribution in [0.2, 0.25) is 0 Å². The van der Waals surface area contributed by atoms with Crippen LogP contribution in [0.3, 0.4) is 0 Å². The minimum Gasteiger partial charge on any atom is -0.435 e. The zero-order chi connectivity index (χ0) is 18.5. The van der Waals surface area contributed by atoms with E-state index in [1.54, 1.807) is 12.1 Å². The molecule has 2 N–H and O–H groups in total. The van der Waals surface area contributed by atoms with E-state index in [-0.39, 0.29) is 18.1 Å². The summed E-state index contributed by atoms with van der Waals surface area (Å²) in [6.45, 7) is -2.68. The Hall–Kier alpha value is -2.58. The van der Waals surface area contributed by atoms with Crippen LogP contribution in [0.25, 0.3) is 11.3 Å². The van der Waals surface area contributed by atoms with E-state index in [0.29, 0.717) is 16.4 Å². The molecule has 0 aliphatic heterocycles. The summed E-state index contributed by atoms with van der Waals surface area (Å²) in [6, 6.07) is 11.8. The Balaban J connectivity index is 1.57. The number of thiazole rings is 1. The van der Waals surface area contributed by atoms with Crippen molar-refractivity contribution in [2.75, 3.05) is 11.9 Å². The van der Waals surface area contributed by atoms with Crippen molar-refractivity contribution in [3.05, 3.63) is 65.3 Å². The van der Waals surface area contributed by atoms with Crippen LogP contribution >= 0.6 is 11.3 Å². The third-order valence-corrected chi connectivity index (χ3v) is 4.38. The summed E-state index contributed by atoms with van der Waals surface area (Å²) in [5.74, 6) is -0.275. The van der Waals surface area contributed by atoms with Gasteiger partial charge in [0.05, 0.1) is 11.8 Å². The molecule has 26 heavy (non-hydrogen) atoms. The van der Waals surface area contributed by atoms with E-state index in [2.05, 4.69) is 15.0 Å². The number of hydrogen-bond donors (Lipinski definition) is 2. The minimum atomic E-state index is -2.88. The second-order valence-corrected chi connectivity index (χ2v) is 6.25. The van der Waals surface area contributed by atoms with Gasteiger partial charge in [-0.15, -0.1) is 11.3 Å². The van der Waals surface area contributed by atoms with Crippen LogP contribution in [-0.4, -0.2) is 23.2 Å². The Bertz CT molecular complexity index is 838. The number of aromatic nitrogens is 1. The first-order chi connectivity index (χ1) is 12.5. The summed E-state index contributed by atoms with van der Waals surface area (Å²) < 4.78 is 41.5. The van der Waals surface area contributed by atoms with Crippen LogP contribution in [0.5, 0.6) is 5.75 Å². The highest BCUT2D eigenvalue weighted by Crippen LogP contribution is 2.26. The highest BCUT2D eigenvalue weighted by atomic mass is 32.1. The average molecular weight is 380 g/mol. The second kappa shape index (κ2) is 8.20. The Kier molecular flexibility index (Phi) is 5.75. The van der Waals surface area contributed by atoms with Gasteiger partial charge in [-0.2, -0.15) is 8.78 Å². The van der Waals surface area contributed by atoms with Gasteiger partial charge in [-0.3, -0.25) is 0 Å². The lowest BCUT2D eigenvalue weighted by molar-refractivity contribution is -0.0498. The molecule has 2 aromatic carbocycles. The van der Waals surface area contributed by atoms with Gasteiger partial charge in [0.25, 0.3) is 0 Å². The molecule has 0 radical (unpaired) electrons. The Morgan fingerprint density at radius 1 is 1.08 bits per heavy atom. The van der Waals surface area contributed by atoms with Gasteiger partial charge in [-0.25, -0.2) is 9.37 Å². The smallest absolute Gasteiger partial charge is 0.387 e. The van der Waals surface area contributed by atoms with Crippen LogP contribution in [0.1, 0.15) is 11.7 Å². The SMILES string of the molecule is OC(CNc1nc(-c2ccc(F)cc2)cs1)c1ccc(OC(F)F)cc1. The first-order valence-corrected chi connectivity index (χ1v) is 8.57. The number of nitrogens with zero attached hydrogens (tertiary/aromatic N) is 1. The molecule has 4 nitrogen and oxygen atoms in total. The van der Waals surface area contributed by atoms with Crippen molar-refractivity contribution in [2.24, 2.45) is 0 Å². The van der Waals surface area contributed by atoms with Gasteiger partial charge in [0.1, 0.15) is 11.6 Å². The highest BCUT2D eigenvalue weighted by molar-refractivity contribution is 7.14. The van der Waals surface area contributed by atoms with Gasteiger partial charge in [-0.1, -0.05) is 12.1 Å². The lowest BCUT2D eigenvalue weighted by atomic mass is 10.1. The standard InChI is InChI=1S/C18H15F3N2O2S/c19-13-5-1-11(2-6-13)15-10-26-18(23-15)22-9-16(24)12-3-7-14(8-4-12)25-17(20)21/h1-8,10,16-17,24H,9H2,(H,22,23). The molecule has 136 valence electrons.